The zero-order valence-corrected chi connectivity index (χ0v) is 12.4. The van der Waals surface area contributed by atoms with E-state index in [4.69, 9.17) is 0 Å². The number of hydrogen-bond donors (Lipinski definition) is 1. The molecule has 1 N–H and O–H groups in total. The maximum Gasteiger partial charge on any atom is 0.227 e. The van der Waals surface area contributed by atoms with Gasteiger partial charge in [-0.3, -0.25) is 9.89 Å². The first-order valence-electron chi connectivity index (χ1n) is 6.18. The molecule has 19 heavy (non-hydrogen) atoms. The Labute approximate surface area is 119 Å². The summed E-state index contributed by atoms with van der Waals surface area (Å²) in [6.45, 7) is 1.98. The standard InChI is InChI=1S/C14H14BrN3O/c1-8-13(15)14(17-16-8)10-3-5-11-9(7-10)4-6-12(19)18(11)2/h3,5,7H,4,6H2,1-2H3,(H,16,17). The summed E-state index contributed by atoms with van der Waals surface area (Å²) in [7, 11) is 1.83. The third-order valence-electron chi connectivity index (χ3n) is 3.57. The van der Waals surface area contributed by atoms with Gasteiger partial charge in [-0.15, -0.1) is 0 Å². The molecule has 0 spiro atoms. The number of aromatic nitrogens is 2. The van der Waals surface area contributed by atoms with Gasteiger partial charge in [0.25, 0.3) is 0 Å². The average molecular weight is 320 g/mol. The Morgan fingerprint density at radius 3 is 2.84 bits per heavy atom. The molecule has 1 aromatic heterocycles. The van der Waals surface area contributed by atoms with Crippen LogP contribution in [0.5, 0.6) is 0 Å². The van der Waals surface area contributed by atoms with Crippen LogP contribution in [-0.2, 0) is 11.2 Å². The van der Waals surface area contributed by atoms with E-state index >= 15 is 0 Å². The normalized spacial score (nSPS) is 14.7. The largest absolute Gasteiger partial charge is 0.315 e. The monoisotopic (exact) mass is 319 g/mol. The van der Waals surface area contributed by atoms with Crippen molar-refractivity contribution in [2.45, 2.75) is 19.8 Å². The lowest BCUT2D eigenvalue weighted by Gasteiger charge is -2.26. The molecule has 2 heterocycles. The summed E-state index contributed by atoms with van der Waals surface area (Å²) in [5, 5.41) is 7.29. The smallest absolute Gasteiger partial charge is 0.227 e. The summed E-state index contributed by atoms with van der Waals surface area (Å²) in [6, 6.07) is 6.13. The molecule has 0 unspecified atom stereocenters. The van der Waals surface area contributed by atoms with Crippen molar-refractivity contribution in [2.24, 2.45) is 0 Å². The van der Waals surface area contributed by atoms with Crippen LogP contribution < -0.4 is 4.90 Å². The molecule has 4 nitrogen and oxygen atoms in total. The van der Waals surface area contributed by atoms with Gasteiger partial charge in [-0.2, -0.15) is 5.10 Å². The Morgan fingerprint density at radius 1 is 1.37 bits per heavy atom. The molecule has 0 saturated carbocycles. The summed E-state index contributed by atoms with van der Waals surface area (Å²) in [5.41, 5.74) is 5.20. The minimum atomic E-state index is 0.178. The number of aromatic amines is 1. The second-order valence-electron chi connectivity index (χ2n) is 4.81. The number of fused-ring (bicyclic) bond motifs is 1. The predicted molar refractivity (Wildman–Crippen MR) is 78.2 cm³/mol. The van der Waals surface area contributed by atoms with Gasteiger partial charge in [0.1, 0.15) is 5.69 Å². The lowest BCUT2D eigenvalue weighted by molar-refractivity contribution is -0.118. The van der Waals surface area contributed by atoms with E-state index in [2.05, 4.69) is 32.2 Å². The molecule has 0 radical (unpaired) electrons. The maximum atomic E-state index is 11.7. The van der Waals surface area contributed by atoms with E-state index in [1.54, 1.807) is 4.90 Å². The van der Waals surface area contributed by atoms with Gasteiger partial charge < -0.3 is 4.90 Å². The molecule has 98 valence electrons. The fraction of sp³-hybridized carbons (Fsp3) is 0.286. The fourth-order valence-electron chi connectivity index (χ4n) is 2.41. The molecule has 0 atom stereocenters. The maximum absolute atomic E-state index is 11.7. The lowest BCUT2D eigenvalue weighted by atomic mass is 9.98. The Balaban J connectivity index is 2.07. The van der Waals surface area contributed by atoms with Crippen LogP contribution in [0.25, 0.3) is 11.3 Å². The minimum Gasteiger partial charge on any atom is -0.315 e. The molecular formula is C14H14BrN3O. The molecule has 1 aromatic carbocycles. The highest BCUT2D eigenvalue weighted by molar-refractivity contribution is 9.10. The number of benzene rings is 1. The second-order valence-corrected chi connectivity index (χ2v) is 5.60. The summed E-state index contributed by atoms with van der Waals surface area (Å²) < 4.78 is 0.993. The quantitative estimate of drug-likeness (QED) is 0.878. The van der Waals surface area contributed by atoms with Crippen LogP contribution >= 0.6 is 15.9 Å². The summed E-state index contributed by atoms with van der Waals surface area (Å²) in [5.74, 6) is 0.178. The highest BCUT2D eigenvalue weighted by Crippen LogP contribution is 2.34. The van der Waals surface area contributed by atoms with Crippen LogP contribution in [0.1, 0.15) is 17.7 Å². The number of rotatable bonds is 1. The van der Waals surface area contributed by atoms with Crippen molar-refractivity contribution in [3.63, 3.8) is 0 Å². The highest BCUT2D eigenvalue weighted by atomic mass is 79.9. The van der Waals surface area contributed by atoms with Crippen LogP contribution in [0.3, 0.4) is 0 Å². The summed E-state index contributed by atoms with van der Waals surface area (Å²) >= 11 is 3.55. The van der Waals surface area contributed by atoms with Crippen LogP contribution in [0.15, 0.2) is 22.7 Å². The predicted octanol–water partition coefficient (Wildman–Crippen LogP) is 3.06. The number of halogens is 1. The van der Waals surface area contributed by atoms with Gasteiger partial charge in [0, 0.05) is 30.4 Å². The van der Waals surface area contributed by atoms with E-state index < -0.39 is 0 Å². The van der Waals surface area contributed by atoms with Crippen molar-refractivity contribution in [3.05, 3.63) is 33.9 Å². The molecule has 0 bridgehead atoms. The van der Waals surface area contributed by atoms with E-state index in [1.165, 1.54) is 5.56 Å². The first-order valence-corrected chi connectivity index (χ1v) is 6.97. The van der Waals surface area contributed by atoms with E-state index in [9.17, 15) is 4.79 Å². The van der Waals surface area contributed by atoms with Crippen molar-refractivity contribution in [2.75, 3.05) is 11.9 Å². The molecule has 1 amide bonds. The number of anilines is 1. The third-order valence-corrected chi connectivity index (χ3v) is 4.54. The van der Waals surface area contributed by atoms with Crippen LogP contribution in [0.4, 0.5) is 5.69 Å². The van der Waals surface area contributed by atoms with Crippen molar-refractivity contribution >= 4 is 27.5 Å². The number of nitrogens with one attached hydrogen (secondary N) is 1. The van der Waals surface area contributed by atoms with Crippen molar-refractivity contribution < 1.29 is 4.79 Å². The average Bonchev–Trinajstić information content (AvgIpc) is 2.74. The second kappa shape index (κ2) is 4.49. The molecule has 5 heteroatoms. The highest BCUT2D eigenvalue weighted by Gasteiger charge is 2.21. The molecule has 1 aliphatic heterocycles. The van der Waals surface area contributed by atoms with Gasteiger partial charge in [-0.05, 0) is 47.0 Å². The first kappa shape index (κ1) is 12.4. The van der Waals surface area contributed by atoms with Crippen LogP contribution in [0, 0.1) is 6.92 Å². The molecule has 0 saturated heterocycles. The van der Waals surface area contributed by atoms with Crippen molar-refractivity contribution in [1.29, 1.82) is 0 Å². The minimum absolute atomic E-state index is 0.178. The Hall–Kier alpha value is -1.62. The molecule has 0 aliphatic carbocycles. The number of amides is 1. The Morgan fingerprint density at radius 2 is 2.16 bits per heavy atom. The number of hydrogen-bond acceptors (Lipinski definition) is 2. The van der Waals surface area contributed by atoms with Gasteiger partial charge in [-0.25, -0.2) is 0 Å². The molecule has 2 aromatic rings. The summed E-state index contributed by atoms with van der Waals surface area (Å²) in [6.07, 6.45) is 1.38. The van der Waals surface area contributed by atoms with Crippen molar-refractivity contribution in [1.82, 2.24) is 10.2 Å². The third kappa shape index (κ3) is 1.98. The van der Waals surface area contributed by atoms with Gasteiger partial charge in [0.2, 0.25) is 5.91 Å². The van der Waals surface area contributed by atoms with Crippen LogP contribution in [0.2, 0.25) is 0 Å². The van der Waals surface area contributed by atoms with E-state index in [0.29, 0.717) is 6.42 Å². The zero-order chi connectivity index (χ0) is 13.6. The van der Waals surface area contributed by atoms with Gasteiger partial charge in [-0.1, -0.05) is 6.07 Å². The molecule has 0 fully saturated rings. The van der Waals surface area contributed by atoms with Gasteiger partial charge in [0.15, 0.2) is 0 Å². The molecule has 1 aliphatic rings. The Kier molecular flexibility index (Phi) is 2.93. The van der Waals surface area contributed by atoms with Crippen LogP contribution in [-0.4, -0.2) is 23.2 Å². The number of aryl methyl sites for hydroxylation is 2. The Bertz CT molecular complexity index is 663. The first-order chi connectivity index (χ1) is 9.08. The van der Waals surface area contributed by atoms with E-state index in [1.807, 2.05) is 26.1 Å². The van der Waals surface area contributed by atoms with E-state index in [0.717, 1.165) is 33.5 Å². The number of carbonyl (C=O) groups excluding carboxylic acids is 1. The fourth-order valence-corrected chi connectivity index (χ4v) is 2.82. The number of carbonyl (C=O) groups is 1. The summed E-state index contributed by atoms with van der Waals surface area (Å²) in [4.78, 5) is 13.4. The van der Waals surface area contributed by atoms with E-state index in [-0.39, 0.29) is 5.91 Å². The topological polar surface area (TPSA) is 49.0 Å². The number of H-pyrrole nitrogens is 1. The number of nitrogens with zero attached hydrogens (tertiary/aromatic N) is 2. The zero-order valence-electron chi connectivity index (χ0n) is 10.8. The molecular weight excluding hydrogens is 306 g/mol. The van der Waals surface area contributed by atoms with Gasteiger partial charge >= 0.3 is 0 Å². The molecule has 3 rings (SSSR count). The van der Waals surface area contributed by atoms with Crippen molar-refractivity contribution in [3.8, 4) is 11.3 Å². The lowest BCUT2D eigenvalue weighted by Crippen LogP contribution is -2.30. The van der Waals surface area contributed by atoms with Gasteiger partial charge in [0.05, 0.1) is 4.47 Å². The SMILES string of the molecule is Cc1[nH]nc(-c2ccc3c(c2)CCC(=O)N3C)c1Br.